The van der Waals surface area contributed by atoms with Gasteiger partial charge >= 0.3 is 12.0 Å². The molecule has 0 bridgehead atoms. The average molecular weight is 266 g/mol. The van der Waals surface area contributed by atoms with Crippen LogP contribution in [0.15, 0.2) is 12.2 Å². The monoisotopic (exact) mass is 266 g/mol. The van der Waals surface area contributed by atoms with Crippen LogP contribution in [0.5, 0.6) is 0 Å². The first kappa shape index (κ1) is 13.9. The van der Waals surface area contributed by atoms with Gasteiger partial charge in [0, 0.05) is 13.1 Å². The second kappa shape index (κ2) is 6.59. The molecule has 5 nitrogen and oxygen atoms in total. The second-order valence-electron chi connectivity index (χ2n) is 5.38. The Labute approximate surface area is 113 Å². The lowest BCUT2D eigenvalue weighted by atomic mass is 9.94. The third-order valence-corrected chi connectivity index (χ3v) is 3.97. The maximum absolute atomic E-state index is 12.1. The van der Waals surface area contributed by atoms with Crippen molar-refractivity contribution in [3.05, 3.63) is 12.2 Å². The van der Waals surface area contributed by atoms with Gasteiger partial charge in [-0.3, -0.25) is 0 Å². The van der Waals surface area contributed by atoms with E-state index in [1.54, 1.807) is 0 Å². The van der Waals surface area contributed by atoms with Crippen LogP contribution >= 0.6 is 0 Å². The van der Waals surface area contributed by atoms with Crippen LogP contribution < -0.4 is 5.32 Å². The van der Waals surface area contributed by atoms with Crippen molar-refractivity contribution < 1.29 is 14.7 Å². The molecule has 2 unspecified atom stereocenters. The van der Waals surface area contributed by atoms with Crippen LogP contribution in [0.1, 0.15) is 38.5 Å². The first-order valence-corrected chi connectivity index (χ1v) is 7.10. The van der Waals surface area contributed by atoms with Crippen molar-refractivity contribution in [3.8, 4) is 0 Å². The molecule has 0 aromatic rings. The molecule has 106 valence electrons. The van der Waals surface area contributed by atoms with Gasteiger partial charge in [0.15, 0.2) is 0 Å². The van der Waals surface area contributed by atoms with Gasteiger partial charge in [-0.2, -0.15) is 0 Å². The zero-order chi connectivity index (χ0) is 13.7. The van der Waals surface area contributed by atoms with E-state index in [9.17, 15) is 9.59 Å². The minimum atomic E-state index is -0.893. The molecule has 0 aromatic carbocycles. The molecule has 2 atom stereocenters. The van der Waals surface area contributed by atoms with Crippen LogP contribution in [0.3, 0.4) is 0 Å². The Morgan fingerprint density at radius 1 is 1.26 bits per heavy atom. The Balaban J connectivity index is 1.83. The number of carboxylic acid groups (broad SMARTS) is 1. The maximum Gasteiger partial charge on any atom is 0.326 e. The SMILES string of the molecule is O=C(O)C1CCCCN1C(=O)NCC1CC=CCC1. The van der Waals surface area contributed by atoms with Crippen LogP contribution in [0, 0.1) is 5.92 Å². The summed E-state index contributed by atoms with van der Waals surface area (Å²) in [4.78, 5) is 24.7. The van der Waals surface area contributed by atoms with E-state index in [4.69, 9.17) is 5.11 Å². The summed E-state index contributed by atoms with van der Waals surface area (Å²) in [5.74, 6) is -0.405. The number of rotatable bonds is 3. The molecular weight excluding hydrogens is 244 g/mol. The molecule has 2 aliphatic rings. The van der Waals surface area contributed by atoms with Crippen LogP contribution in [-0.2, 0) is 4.79 Å². The Morgan fingerprint density at radius 2 is 2.11 bits per heavy atom. The molecule has 2 rings (SSSR count). The summed E-state index contributed by atoms with van der Waals surface area (Å²) in [6, 6.07) is -0.873. The van der Waals surface area contributed by atoms with Gasteiger partial charge in [-0.15, -0.1) is 0 Å². The summed E-state index contributed by atoms with van der Waals surface area (Å²) in [6.07, 6.45) is 9.83. The predicted molar refractivity (Wildman–Crippen MR) is 71.9 cm³/mol. The van der Waals surface area contributed by atoms with E-state index in [0.717, 1.165) is 32.1 Å². The third kappa shape index (κ3) is 3.72. The van der Waals surface area contributed by atoms with E-state index in [1.165, 1.54) is 4.90 Å². The molecule has 0 radical (unpaired) electrons. The predicted octanol–water partition coefficient (Wildman–Crippen LogP) is 1.99. The summed E-state index contributed by atoms with van der Waals surface area (Å²) >= 11 is 0. The Hall–Kier alpha value is -1.52. The van der Waals surface area contributed by atoms with Crippen molar-refractivity contribution in [1.82, 2.24) is 10.2 Å². The molecule has 1 aliphatic carbocycles. The molecule has 5 heteroatoms. The number of carbonyl (C=O) groups excluding carboxylic acids is 1. The van der Waals surface area contributed by atoms with Gasteiger partial charge in [0.25, 0.3) is 0 Å². The molecule has 19 heavy (non-hydrogen) atoms. The Kier molecular flexibility index (Phi) is 4.82. The molecule has 0 saturated carbocycles. The number of piperidine rings is 1. The number of carbonyl (C=O) groups is 2. The average Bonchev–Trinajstić information content (AvgIpc) is 2.46. The van der Waals surface area contributed by atoms with Gasteiger partial charge in [0.05, 0.1) is 0 Å². The molecule has 0 aromatic heterocycles. The zero-order valence-electron chi connectivity index (χ0n) is 11.2. The van der Waals surface area contributed by atoms with Crippen LogP contribution in [-0.4, -0.2) is 41.1 Å². The molecule has 2 amide bonds. The summed E-state index contributed by atoms with van der Waals surface area (Å²) in [7, 11) is 0. The zero-order valence-corrected chi connectivity index (χ0v) is 11.2. The number of likely N-dealkylation sites (tertiary alicyclic amines) is 1. The smallest absolute Gasteiger partial charge is 0.326 e. The highest BCUT2D eigenvalue weighted by atomic mass is 16.4. The van der Waals surface area contributed by atoms with Crippen molar-refractivity contribution in [1.29, 1.82) is 0 Å². The first-order chi connectivity index (χ1) is 9.18. The van der Waals surface area contributed by atoms with E-state index < -0.39 is 12.0 Å². The lowest BCUT2D eigenvalue weighted by molar-refractivity contribution is -0.143. The number of amides is 2. The largest absolute Gasteiger partial charge is 0.480 e. The van der Waals surface area contributed by atoms with Gasteiger partial charge < -0.3 is 15.3 Å². The molecular formula is C14H22N2O3. The van der Waals surface area contributed by atoms with Gasteiger partial charge in [-0.1, -0.05) is 12.2 Å². The molecule has 0 spiro atoms. The number of allylic oxidation sites excluding steroid dienone is 2. The fourth-order valence-electron chi connectivity index (χ4n) is 2.81. The fourth-order valence-corrected chi connectivity index (χ4v) is 2.81. The lowest BCUT2D eigenvalue weighted by Crippen LogP contribution is -2.52. The number of nitrogens with zero attached hydrogens (tertiary/aromatic N) is 1. The van der Waals surface area contributed by atoms with Gasteiger partial charge in [0.2, 0.25) is 0 Å². The van der Waals surface area contributed by atoms with Crippen LogP contribution in [0.2, 0.25) is 0 Å². The lowest BCUT2D eigenvalue weighted by Gasteiger charge is -2.33. The number of carboxylic acids is 1. The quantitative estimate of drug-likeness (QED) is 0.767. The summed E-state index contributed by atoms with van der Waals surface area (Å²) in [5.41, 5.74) is 0. The standard InChI is InChI=1S/C14H22N2O3/c17-13(18)12-8-4-5-9-16(12)14(19)15-10-11-6-2-1-3-7-11/h1-2,11-12H,3-10H2,(H,15,19)(H,17,18). The van der Waals surface area contributed by atoms with Crippen molar-refractivity contribution in [2.24, 2.45) is 5.92 Å². The minimum absolute atomic E-state index is 0.221. The van der Waals surface area contributed by atoms with E-state index in [-0.39, 0.29) is 6.03 Å². The summed E-state index contributed by atoms with van der Waals surface area (Å²) in [5, 5.41) is 12.0. The summed E-state index contributed by atoms with van der Waals surface area (Å²) < 4.78 is 0. The van der Waals surface area contributed by atoms with Gasteiger partial charge in [-0.05, 0) is 44.4 Å². The maximum atomic E-state index is 12.1. The molecule has 1 fully saturated rings. The number of nitrogens with one attached hydrogen (secondary N) is 1. The summed E-state index contributed by atoms with van der Waals surface area (Å²) in [6.45, 7) is 1.19. The Morgan fingerprint density at radius 3 is 2.79 bits per heavy atom. The molecule has 1 saturated heterocycles. The fraction of sp³-hybridized carbons (Fsp3) is 0.714. The highest BCUT2D eigenvalue weighted by Crippen LogP contribution is 2.19. The molecule has 1 heterocycles. The van der Waals surface area contributed by atoms with E-state index in [0.29, 0.717) is 25.4 Å². The van der Waals surface area contributed by atoms with Crippen molar-refractivity contribution >= 4 is 12.0 Å². The highest BCUT2D eigenvalue weighted by molar-refractivity contribution is 5.82. The number of hydrogen-bond acceptors (Lipinski definition) is 2. The second-order valence-corrected chi connectivity index (χ2v) is 5.38. The molecule has 1 aliphatic heterocycles. The van der Waals surface area contributed by atoms with Crippen LogP contribution in [0.25, 0.3) is 0 Å². The van der Waals surface area contributed by atoms with Crippen molar-refractivity contribution in [2.45, 2.75) is 44.6 Å². The number of hydrogen-bond donors (Lipinski definition) is 2. The van der Waals surface area contributed by atoms with E-state index >= 15 is 0 Å². The minimum Gasteiger partial charge on any atom is -0.480 e. The van der Waals surface area contributed by atoms with Crippen molar-refractivity contribution in [2.75, 3.05) is 13.1 Å². The number of aliphatic carboxylic acids is 1. The number of urea groups is 1. The van der Waals surface area contributed by atoms with Gasteiger partial charge in [-0.25, -0.2) is 9.59 Å². The Bertz CT molecular complexity index is 368. The van der Waals surface area contributed by atoms with Crippen molar-refractivity contribution in [3.63, 3.8) is 0 Å². The molecule has 2 N–H and O–H groups in total. The van der Waals surface area contributed by atoms with E-state index in [1.807, 2.05) is 0 Å². The topological polar surface area (TPSA) is 69.6 Å². The normalized spacial score (nSPS) is 27.1. The highest BCUT2D eigenvalue weighted by Gasteiger charge is 2.31. The van der Waals surface area contributed by atoms with Gasteiger partial charge in [0.1, 0.15) is 6.04 Å². The van der Waals surface area contributed by atoms with E-state index in [2.05, 4.69) is 17.5 Å². The van der Waals surface area contributed by atoms with Crippen LogP contribution in [0.4, 0.5) is 4.79 Å². The first-order valence-electron chi connectivity index (χ1n) is 7.10. The third-order valence-electron chi connectivity index (χ3n) is 3.97.